The highest BCUT2D eigenvalue weighted by atomic mass is 15.0. The lowest BCUT2D eigenvalue weighted by molar-refractivity contribution is 1.18. The molecule has 3 nitrogen and oxygen atoms in total. The van der Waals surface area contributed by atoms with Crippen molar-refractivity contribution in [2.24, 2.45) is 0 Å². The van der Waals surface area contributed by atoms with Crippen LogP contribution in [0.5, 0.6) is 0 Å². The molecule has 0 aliphatic rings. The average molecular weight is 578 g/mol. The highest BCUT2D eigenvalue weighted by Gasteiger charge is 2.13. The zero-order valence-corrected chi connectivity index (χ0v) is 24.7. The van der Waals surface area contributed by atoms with Gasteiger partial charge in [0.2, 0.25) is 0 Å². The van der Waals surface area contributed by atoms with E-state index in [1.807, 2.05) is 18.2 Å². The minimum absolute atomic E-state index is 0.757. The summed E-state index contributed by atoms with van der Waals surface area (Å²) in [6.07, 6.45) is 0. The van der Waals surface area contributed by atoms with E-state index < -0.39 is 0 Å². The first-order valence-electron chi connectivity index (χ1n) is 15.2. The molecule has 8 aromatic rings. The second-order valence-electron chi connectivity index (χ2n) is 11.4. The molecule has 0 bridgehead atoms. The number of nitrogen functional groups attached to an aromatic ring is 1. The SMILES string of the molecule is Nc1ccc(Nc2ccc(-c3ccc4c(c3)c3ccccc3n4-c3ccccc3)cc2)cc1-c1ccc(-c2ccccc2)cc1. The molecule has 45 heavy (non-hydrogen) atoms. The van der Waals surface area contributed by atoms with Gasteiger partial charge in [-0.25, -0.2) is 0 Å². The monoisotopic (exact) mass is 577 g/mol. The van der Waals surface area contributed by atoms with E-state index in [1.54, 1.807) is 0 Å². The Labute approximate surface area is 262 Å². The number of nitrogens with two attached hydrogens (primary N) is 1. The molecule has 3 heteroatoms. The predicted molar refractivity (Wildman–Crippen MR) is 191 cm³/mol. The fraction of sp³-hybridized carbons (Fsp3) is 0. The summed E-state index contributed by atoms with van der Waals surface area (Å²) in [4.78, 5) is 0. The summed E-state index contributed by atoms with van der Waals surface area (Å²) >= 11 is 0. The smallest absolute Gasteiger partial charge is 0.0541 e. The number of nitrogens with zero attached hydrogens (tertiary/aromatic N) is 1. The third-order valence-electron chi connectivity index (χ3n) is 8.55. The van der Waals surface area contributed by atoms with Crippen LogP contribution in [0.3, 0.4) is 0 Å². The lowest BCUT2D eigenvalue weighted by Crippen LogP contribution is -1.95. The minimum Gasteiger partial charge on any atom is -0.398 e. The fourth-order valence-electron chi connectivity index (χ4n) is 6.28. The molecule has 0 spiro atoms. The first-order chi connectivity index (χ1) is 22.2. The van der Waals surface area contributed by atoms with E-state index in [-0.39, 0.29) is 0 Å². The summed E-state index contributed by atoms with van der Waals surface area (Å²) < 4.78 is 2.35. The first kappa shape index (κ1) is 26.6. The maximum absolute atomic E-state index is 6.43. The van der Waals surface area contributed by atoms with E-state index in [2.05, 4.69) is 162 Å². The fourth-order valence-corrected chi connectivity index (χ4v) is 6.28. The van der Waals surface area contributed by atoms with Crippen molar-refractivity contribution in [3.63, 3.8) is 0 Å². The highest BCUT2D eigenvalue weighted by molar-refractivity contribution is 6.10. The van der Waals surface area contributed by atoms with Crippen molar-refractivity contribution < 1.29 is 0 Å². The van der Waals surface area contributed by atoms with Gasteiger partial charge in [0.1, 0.15) is 0 Å². The van der Waals surface area contributed by atoms with Crippen LogP contribution in [-0.2, 0) is 0 Å². The second-order valence-corrected chi connectivity index (χ2v) is 11.4. The topological polar surface area (TPSA) is 43.0 Å². The Kier molecular flexibility index (Phi) is 6.62. The molecule has 7 aromatic carbocycles. The Morgan fingerprint density at radius 3 is 1.73 bits per heavy atom. The molecular weight excluding hydrogens is 546 g/mol. The van der Waals surface area contributed by atoms with Crippen LogP contribution in [0.25, 0.3) is 60.9 Å². The zero-order chi connectivity index (χ0) is 30.2. The average Bonchev–Trinajstić information content (AvgIpc) is 3.44. The number of rotatable bonds is 6. The van der Waals surface area contributed by atoms with Crippen molar-refractivity contribution in [3.8, 4) is 39.1 Å². The van der Waals surface area contributed by atoms with E-state index in [0.717, 1.165) is 28.2 Å². The van der Waals surface area contributed by atoms with Crippen LogP contribution < -0.4 is 11.1 Å². The van der Waals surface area contributed by atoms with E-state index in [4.69, 9.17) is 5.73 Å². The quantitative estimate of drug-likeness (QED) is 0.193. The van der Waals surface area contributed by atoms with Crippen molar-refractivity contribution in [1.82, 2.24) is 4.57 Å². The van der Waals surface area contributed by atoms with Crippen LogP contribution in [0.2, 0.25) is 0 Å². The van der Waals surface area contributed by atoms with Crippen molar-refractivity contribution in [1.29, 1.82) is 0 Å². The van der Waals surface area contributed by atoms with E-state index in [9.17, 15) is 0 Å². The summed E-state index contributed by atoms with van der Waals surface area (Å²) in [6.45, 7) is 0. The molecule has 214 valence electrons. The van der Waals surface area contributed by atoms with E-state index in [0.29, 0.717) is 0 Å². The van der Waals surface area contributed by atoms with Crippen molar-refractivity contribution in [2.75, 3.05) is 11.1 Å². The second kappa shape index (κ2) is 11.2. The Bertz CT molecular complexity index is 2270. The number of anilines is 3. The number of fused-ring (bicyclic) bond motifs is 3. The molecule has 8 rings (SSSR count). The van der Waals surface area contributed by atoms with Crippen LogP contribution in [0.1, 0.15) is 0 Å². The third kappa shape index (κ3) is 5.01. The van der Waals surface area contributed by atoms with Gasteiger partial charge in [-0.15, -0.1) is 0 Å². The summed E-state index contributed by atoms with van der Waals surface area (Å²) in [7, 11) is 0. The standard InChI is InChI=1S/C42H31N3/c43-40-25-24-35(28-38(40)32-17-15-30(16-18-32)29-9-3-1-4-10-29)44-34-22-19-31(20-23-34)33-21-26-42-39(27-33)37-13-7-8-14-41(37)45(42)36-11-5-2-6-12-36/h1-28,44H,43H2. The van der Waals surface area contributed by atoms with Crippen molar-refractivity contribution in [2.45, 2.75) is 0 Å². The normalized spacial score (nSPS) is 11.2. The lowest BCUT2D eigenvalue weighted by atomic mass is 9.99. The summed E-state index contributed by atoms with van der Waals surface area (Å²) in [6, 6.07) is 59.7. The van der Waals surface area contributed by atoms with E-state index in [1.165, 1.54) is 49.7 Å². The third-order valence-corrected chi connectivity index (χ3v) is 8.55. The van der Waals surface area contributed by atoms with Gasteiger partial charge in [-0.3, -0.25) is 0 Å². The largest absolute Gasteiger partial charge is 0.398 e. The van der Waals surface area contributed by atoms with Crippen LogP contribution in [-0.4, -0.2) is 4.57 Å². The summed E-state index contributed by atoms with van der Waals surface area (Å²) in [5, 5.41) is 6.08. The molecule has 3 N–H and O–H groups in total. The van der Waals surface area contributed by atoms with Gasteiger partial charge in [0.15, 0.2) is 0 Å². The molecule has 0 saturated carbocycles. The molecule has 0 saturated heterocycles. The zero-order valence-electron chi connectivity index (χ0n) is 24.7. The number of hydrogen-bond donors (Lipinski definition) is 2. The van der Waals surface area contributed by atoms with Gasteiger partial charge in [0.25, 0.3) is 0 Å². The highest BCUT2D eigenvalue weighted by Crippen LogP contribution is 2.36. The molecule has 0 aliphatic carbocycles. The molecule has 1 aromatic heterocycles. The number of benzene rings is 7. The van der Waals surface area contributed by atoms with Crippen LogP contribution in [0, 0.1) is 0 Å². The molecular formula is C42H31N3. The van der Waals surface area contributed by atoms with Crippen LogP contribution in [0.15, 0.2) is 170 Å². The molecule has 0 radical (unpaired) electrons. The molecule has 0 aliphatic heterocycles. The van der Waals surface area contributed by atoms with Gasteiger partial charge in [-0.1, -0.05) is 109 Å². The van der Waals surface area contributed by atoms with E-state index >= 15 is 0 Å². The lowest BCUT2D eigenvalue weighted by Gasteiger charge is -2.13. The van der Waals surface area contributed by atoms with Gasteiger partial charge >= 0.3 is 0 Å². The maximum atomic E-state index is 6.43. The molecule has 0 fully saturated rings. The van der Waals surface area contributed by atoms with Crippen LogP contribution in [0.4, 0.5) is 17.1 Å². The van der Waals surface area contributed by atoms with Gasteiger partial charge in [-0.2, -0.15) is 0 Å². The molecule has 0 atom stereocenters. The molecule has 0 unspecified atom stereocenters. The first-order valence-corrected chi connectivity index (χ1v) is 15.2. The Morgan fingerprint density at radius 1 is 0.400 bits per heavy atom. The van der Waals surface area contributed by atoms with Gasteiger partial charge in [-0.05, 0) is 88.5 Å². The maximum Gasteiger partial charge on any atom is 0.0541 e. The summed E-state index contributed by atoms with van der Waals surface area (Å²) in [5.74, 6) is 0. The van der Waals surface area contributed by atoms with Crippen molar-refractivity contribution >= 4 is 38.9 Å². The van der Waals surface area contributed by atoms with Gasteiger partial charge in [0, 0.05) is 39.1 Å². The Hall–Kier alpha value is -6.06. The molecule has 0 amide bonds. The number of hydrogen-bond acceptors (Lipinski definition) is 2. The van der Waals surface area contributed by atoms with Gasteiger partial charge in [0.05, 0.1) is 11.0 Å². The van der Waals surface area contributed by atoms with Gasteiger partial charge < -0.3 is 15.6 Å². The van der Waals surface area contributed by atoms with Crippen molar-refractivity contribution in [3.05, 3.63) is 170 Å². The Balaban J connectivity index is 1.06. The Morgan fingerprint density at radius 2 is 0.956 bits per heavy atom. The minimum atomic E-state index is 0.757. The number of para-hydroxylation sites is 2. The molecule has 1 heterocycles. The number of aromatic nitrogens is 1. The van der Waals surface area contributed by atoms with Crippen LogP contribution >= 0.6 is 0 Å². The number of nitrogens with one attached hydrogen (secondary N) is 1. The predicted octanol–water partition coefficient (Wildman–Crippen LogP) is 11.1. The summed E-state index contributed by atoms with van der Waals surface area (Å²) in [5.41, 5.74) is 19.7.